The number of rotatable bonds is 6. The second-order valence-electron chi connectivity index (χ2n) is 6.21. The predicted octanol–water partition coefficient (Wildman–Crippen LogP) is 0.478. The van der Waals surface area contributed by atoms with E-state index in [9.17, 15) is 18.7 Å². The molecule has 150 valence electrons. The minimum absolute atomic E-state index is 0.0432. The van der Waals surface area contributed by atoms with Gasteiger partial charge in [0.2, 0.25) is 10.4 Å². The standard InChI is InChI=1S/C17H19F2N5O3S/c1-22-6-8-23(9-7-22)24-11-15(27-21-24)20-14(25)5-10-28-17(26)16-12(18)3-2-4-13(16)19/h2-4,11H,5-10H2,1H3. The van der Waals surface area contributed by atoms with E-state index >= 15 is 0 Å². The highest BCUT2D eigenvalue weighted by Gasteiger charge is 2.24. The summed E-state index contributed by atoms with van der Waals surface area (Å²) in [6.45, 7) is 3.32. The van der Waals surface area contributed by atoms with Gasteiger partial charge in [0.05, 0.1) is 17.9 Å². The normalized spacial score (nSPS) is 15.8. The average molecular weight is 411 g/mol. The van der Waals surface area contributed by atoms with Crippen LogP contribution in [0.2, 0.25) is 0 Å². The molecule has 1 fully saturated rings. The number of aromatic nitrogens is 2. The Morgan fingerprint density at radius 2 is 2.00 bits per heavy atom. The molecular formula is C17H19F2N5O3S. The van der Waals surface area contributed by atoms with Crippen molar-refractivity contribution in [2.75, 3.05) is 44.0 Å². The molecule has 1 saturated heterocycles. The fourth-order valence-electron chi connectivity index (χ4n) is 2.59. The van der Waals surface area contributed by atoms with Crippen molar-refractivity contribution in [3.63, 3.8) is 0 Å². The minimum Gasteiger partial charge on any atom is -0.862 e. The van der Waals surface area contributed by atoms with Gasteiger partial charge in [-0.1, -0.05) is 17.8 Å². The Kier molecular flexibility index (Phi) is 6.57. The maximum absolute atomic E-state index is 13.6. The molecule has 0 spiro atoms. The molecule has 1 aromatic heterocycles. The smallest absolute Gasteiger partial charge is 0.324 e. The molecule has 0 bridgehead atoms. The van der Waals surface area contributed by atoms with Crippen molar-refractivity contribution in [3.8, 4) is 0 Å². The molecule has 1 aromatic carbocycles. The molecule has 0 aliphatic carbocycles. The van der Waals surface area contributed by atoms with Crippen molar-refractivity contribution in [2.45, 2.75) is 6.42 Å². The van der Waals surface area contributed by atoms with Gasteiger partial charge in [-0.2, -0.15) is 5.01 Å². The Morgan fingerprint density at radius 3 is 2.68 bits per heavy atom. The molecule has 0 saturated carbocycles. The van der Waals surface area contributed by atoms with Gasteiger partial charge in [0.1, 0.15) is 17.2 Å². The second kappa shape index (κ2) is 9.11. The van der Waals surface area contributed by atoms with Crippen LogP contribution in [-0.4, -0.2) is 60.2 Å². The van der Waals surface area contributed by atoms with Gasteiger partial charge in [0.15, 0.2) is 0 Å². The highest BCUT2D eigenvalue weighted by atomic mass is 32.2. The summed E-state index contributed by atoms with van der Waals surface area (Å²) in [6, 6.07) is 3.20. The van der Waals surface area contributed by atoms with Gasteiger partial charge in [0.25, 0.3) is 6.20 Å². The van der Waals surface area contributed by atoms with Gasteiger partial charge in [-0.25, -0.2) is 13.8 Å². The van der Waals surface area contributed by atoms with E-state index < -0.39 is 28.2 Å². The molecule has 0 atom stereocenters. The van der Waals surface area contributed by atoms with Crippen LogP contribution in [0.3, 0.4) is 0 Å². The van der Waals surface area contributed by atoms with Crippen LogP contribution in [0.25, 0.3) is 0 Å². The number of hydrogen-bond donors (Lipinski definition) is 0. The zero-order chi connectivity index (χ0) is 20.1. The second-order valence-corrected chi connectivity index (χ2v) is 7.27. The number of carbonyl (C=O) groups is 1. The van der Waals surface area contributed by atoms with Crippen molar-refractivity contribution in [3.05, 3.63) is 41.6 Å². The van der Waals surface area contributed by atoms with Crippen LogP contribution in [0.15, 0.2) is 33.9 Å². The fraction of sp³-hybridized carbons (Fsp3) is 0.412. The Morgan fingerprint density at radius 1 is 1.32 bits per heavy atom. The van der Waals surface area contributed by atoms with Crippen LogP contribution in [0.5, 0.6) is 0 Å². The summed E-state index contributed by atoms with van der Waals surface area (Å²) in [5, 5.41) is 17.0. The number of piperazine rings is 1. The molecule has 0 N–H and O–H groups in total. The Hall–Kier alpha value is -2.53. The summed E-state index contributed by atoms with van der Waals surface area (Å²) in [5.74, 6) is -2.27. The van der Waals surface area contributed by atoms with Crippen LogP contribution in [0.4, 0.5) is 14.7 Å². The molecule has 1 aliphatic rings. The molecule has 8 nitrogen and oxygen atoms in total. The number of aliphatic imine (C=N–C) groups is 1. The third-order valence-electron chi connectivity index (χ3n) is 4.16. The fourth-order valence-corrected chi connectivity index (χ4v) is 3.39. The number of hydrogen-bond acceptors (Lipinski definition) is 8. The number of carbonyl (C=O) groups excluding carboxylic acids is 1. The lowest BCUT2D eigenvalue weighted by Gasteiger charge is -2.26. The third kappa shape index (κ3) is 5.04. The maximum Gasteiger partial charge on any atom is 0.324 e. The van der Waals surface area contributed by atoms with Gasteiger partial charge in [-0.15, -0.1) is 0 Å². The topological polar surface area (TPSA) is 88.9 Å². The molecule has 11 heteroatoms. The molecule has 0 unspecified atom stereocenters. The van der Waals surface area contributed by atoms with E-state index in [-0.39, 0.29) is 18.1 Å². The first-order valence-electron chi connectivity index (χ1n) is 8.62. The number of benzene rings is 1. The van der Waals surface area contributed by atoms with Gasteiger partial charge in [0, 0.05) is 18.8 Å². The molecule has 0 amide bonds. The van der Waals surface area contributed by atoms with Crippen molar-refractivity contribution in [1.29, 1.82) is 0 Å². The van der Waals surface area contributed by atoms with E-state index in [4.69, 9.17) is 4.52 Å². The van der Waals surface area contributed by atoms with Crippen LogP contribution < -0.4 is 14.9 Å². The van der Waals surface area contributed by atoms with Gasteiger partial charge < -0.3 is 10.0 Å². The molecule has 2 aromatic rings. The molecule has 1 aliphatic heterocycles. The van der Waals surface area contributed by atoms with Crippen LogP contribution in [0.1, 0.15) is 16.8 Å². The third-order valence-corrected chi connectivity index (χ3v) is 5.04. The number of nitrogens with zero attached hydrogens (tertiary/aromatic N) is 5. The lowest BCUT2D eigenvalue weighted by molar-refractivity contribution is -0.759. The van der Waals surface area contributed by atoms with E-state index in [1.807, 2.05) is 12.1 Å². The SMILES string of the molecule is CN1CCN([n+]2cc(N=C([O-])CCSC(=O)c3c(F)cccc3F)on2)CC1. The van der Waals surface area contributed by atoms with E-state index in [0.717, 1.165) is 38.3 Å². The Balaban J connectivity index is 1.52. The highest BCUT2D eigenvalue weighted by molar-refractivity contribution is 8.14. The summed E-state index contributed by atoms with van der Waals surface area (Å²) >= 11 is 0.661. The van der Waals surface area contributed by atoms with Crippen LogP contribution >= 0.6 is 11.8 Å². The summed E-state index contributed by atoms with van der Waals surface area (Å²) in [4.78, 5) is 19.4. The van der Waals surface area contributed by atoms with Gasteiger partial charge in [-0.05, 0) is 31.5 Å². The Labute approximate surface area is 164 Å². The zero-order valence-electron chi connectivity index (χ0n) is 15.2. The van der Waals surface area contributed by atoms with E-state index in [0.29, 0.717) is 11.8 Å². The molecule has 0 radical (unpaired) electrons. The molecule has 28 heavy (non-hydrogen) atoms. The van der Waals surface area contributed by atoms with Crippen molar-refractivity contribution >= 4 is 28.7 Å². The zero-order valence-corrected chi connectivity index (χ0v) is 16.0. The summed E-state index contributed by atoms with van der Waals surface area (Å²) < 4.78 is 32.2. The van der Waals surface area contributed by atoms with Crippen LogP contribution in [-0.2, 0) is 0 Å². The van der Waals surface area contributed by atoms with Crippen molar-refractivity contribution in [1.82, 2.24) is 10.2 Å². The summed E-state index contributed by atoms with van der Waals surface area (Å²) in [7, 11) is 2.04. The average Bonchev–Trinajstić information content (AvgIpc) is 3.10. The molecule has 2 heterocycles. The predicted molar refractivity (Wildman–Crippen MR) is 97.0 cm³/mol. The number of thioether (sulfide) groups is 1. The van der Waals surface area contributed by atoms with E-state index in [1.54, 1.807) is 0 Å². The first-order chi connectivity index (χ1) is 13.4. The number of halogens is 2. The summed E-state index contributed by atoms with van der Waals surface area (Å²) in [5.41, 5.74) is -0.611. The molecular weight excluding hydrogens is 392 g/mol. The molecule has 3 rings (SSSR count). The largest absolute Gasteiger partial charge is 0.862 e. The van der Waals surface area contributed by atoms with E-state index in [1.165, 1.54) is 17.1 Å². The maximum atomic E-state index is 13.6. The summed E-state index contributed by atoms with van der Waals surface area (Å²) in [6.07, 6.45) is 1.43. The Bertz CT molecular complexity index is 848. The van der Waals surface area contributed by atoms with Crippen molar-refractivity contribution in [2.24, 2.45) is 4.99 Å². The lowest BCUT2D eigenvalue weighted by atomic mass is 10.2. The minimum atomic E-state index is -0.927. The van der Waals surface area contributed by atoms with Gasteiger partial charge in [-0.3, -0.25) is 9.32 Å². The highest BCUT2D eigenvalue weighted by Crippen LogP contribution is 2.20. The van der Waals surface area contributed by atoms with Crippen molar-refractivity contribution < 1.29 is 28.0 Å². The monoisotopic (exact) mass is 411 g/mol. The van der Waals surface area contributed by atoms with Gasteiger partial charge >= 0.3 is 5.88 Å². The lowest BCUT2D eigenvalue weighted by Crippen LogP contribution is -2.64. The first kappa shape index (κ1) is 20.2. The first-order valence-corrected chi connectivity index (χ1v) is 9.61. The quantitative estimate of drug-likeness (QED) is 0.388. The van der Waals surface area contributed by atoms with E-state index in [2.05, 4.69) is 15.2 Å². The van der Waals surface area contributed by atoms with Crippen LogP contribution in [0, 0.1) is 11.6 Å². The number of likely N-dealkylation sites (N-methyl/N-ethyl adjacent to an activating group) is 1.